The molecule has 26 heavy (non-hydrogen) atoms. The van der Waals surface area contributed by atoms with Crippen LogP contribution in [0.4, 0.5) is 0 Å². The number of hydrogen-bond donors (Lipinski definition) is 1. The number of benzene rings is 2. The average molecular weight is 372 g/mol. The molecule has 0 aromatic heterocycles. The van der Waals surface area contributed by atoms with Crippen LogP contribution in [0.2, 0.25) is 0 Å². The maximum Gasteiger partial charge on any atom is 0.338 e. The minimum Gasteiger partial charge on any atom is -0.455 e. The van der Waals surface area contributed by atoms with Crippen molar-refractivity contribution in [1.29, 1.82) is 0 Å². The van der Waals surface area contributed by atoms with Crippen LogP contribution in [0.5, 0.6) is 0 Å². The standard InChI is InChI=1S/C21H24O4S/c1-3-17(22)18-14(2)19(24-20(23)15-10-6-4-7-11-15)21(25-18)26-16-12-8-5-9-13-16/h4-14,17-19,21-22H,3H2,1-2H3/t14-,17-,18-,19?,21+/m1/s1. The number of esters is 1. The van der Waals surface area contributed by atoms with E-state index in [1.807, 2.05) is 62.4 Å². The number of hydrogen-bond acceptors (Lipinski definition) is 5. The van der Waals surface area contributed by atoms with Gasteiger partial charge in [0.05, 0.1) is 17.8 Å². The summed E-state index contributed by atoms with van der Waals surface area (Å²) in [6, 6.07) is 18.8. The van der Waals surface area contributed by atoms with E-state index in [4.69, 9.17) is 9.47 Å². The van der Waals surface area contributed by atoms with Gasteiger partial charge in [-0.15, -0.1) is 0 Å². The van der Waals surface area contributed by atoms with Crippen LogP contribution >= 0.6 is 11.8 Å². The van der Waals surface area contributed by atoms with Crippen molar-refractivity contribution in [2.45, 2.75) is 48.9 Å². The fourth-order valence-corrected chi connectivity index (χ4v) is 4.33. The van der Waals surface area contributed by atoms with Crippen LogP contribution < -0.4 is 0 Å². The Labute approximate surface area is 158 Å². The van der Waals surface area contributed by atoms with Gasteiger partial charge in [0, 0.05) is 10.8 Å². The minimum absolute atomic E-state index is 0.0983. The van der Waals surface area contributed by atoms with E-state index in [-0.39, 0.29) is 23.4 Å². The van der Waals surface area contributed by atoms with E-state index in [2.05, 4.69) is 0 Å². The summed E-state index contributed by atoms with van der Waals surface area (Å²) < 4.78 is 11.9. The summed E-state index contributed by atoms with van der Waals surface area (Å²) in [5, 5.41) is 10.3. The number of ether oxygens (including phenoxy) is 2. The third kappa shape index (κ3) is 4.29. The van der Waals surface area contributed by atoms with Gasteiger partial charge in [-0.2, -0.15) is 0 Å². The van der Waals surface area contributed by atoms with Gasteiger partial charge in [-0.05, 0) is 30.7 Å². The molecule has 0 bridgehead atoms. The van der Waals surface area contributed by atoms with Crippen LogP contribution in [-0.2, 0) is 9.47 Å². The molecular formula is C21H24O4S. The number of aliphatic hydroxyl groups excluding tert-OH is 1. The molecule has 0 amide bonds. The maximum absolute atomic E-state index is 12.5. The highest BCUT2D eigenvalue weighted by atomic mass is 32.2. The number of carbonyl (C=O) groups is 1. The van der Waals surface area contributed by atoms with E-state index in [0.717, 1.165) is 4.90 Å². The number of rotatable bonds is 6. The van der Waals surface area contributed by atoms with Gasteiger partial charge in [-0.1, -0.05) is 62.0 Å². The largest absolute Gasteiger partial charge is 0.455 e. The SMILES string of the molecule is CC[C@@H](O)[C@@H]1O[C@@H](Sc2ccccc2)C(OC(=O)c2ccccc2)[C@@H]1C. The topological polar surface area (TPSA) is 55.8 Å². The van der Waals surface area contributed by atoms with Crippen molar-refractivity contribution >= 4 is 17.7 Å². The van der Waals surface area contributed by atoms with Crippen molar-refractivity contribution in [2.75, 3.05) is 0 Å². The predicted octanol–water partition coefficient (Wildman–Crippen LogP) is 4.14. The highest BCUT2D eigenvalue weighted by molar-refractivity contribution is 7.99. The molecule has 0 saturated carbocycles. The van der Waals surface area contributed by atoms with Crippen LogP contribution in [0.1, 0.15) is 30.6 Å². The zero-order chi connectivity index (χ0) is 18.5. The Morgan fingerprint density at radius 3 is 2.38 bits per heavy atom. The Hall–Kier alpha value is -1.82. The lowest BCUT2D eigenvalue weighted by Gasteiger charge is -2.22. The Balaban J connectivity index is 1.79. The summed E-state index contributed by atoms with van der Waals surface area (Å²) >= 11 is 1.52. The third-order valence-corrected chi connectivity index (χ3v) is 5.80. The van der Waals surface area contributed by atoms with Crippen LogP contribution in [0.3, 0.4) is 0 Å². The highest BCUT2D eigenvalue weighted by Gasteiger charge is 2.47. The fourth-order valence-electron chi connectivity index (χ4n) is 3.12. The molecule has 0 radical (unpaired) electrons. The van der Waals surface area contributed by atoms with E-state index in [1.54, 1.807) is 12.1 Å². The molecule has 3 rings (SSSR count). The molecule has 5 heteroatoms. The zero-order valence-corrected chi connectivity index (χ0v) is 15.8. The second kappa shape index (κ2) is 8.71. The van der Waals surface area contributed by atoms with E-state index in [1.165, 1.54) is 11.8 Å². The van der Waals surface area contributed by atoms with Gasteiger partial charge in [-0.3, -0.25) is 0 Å². The van der Waals surface area contributed by atoms with E-state index >= 15 is 0 Å². The van der Waals surface area contributed by atoms with Gasteiger partial charge in [0.25, 0.3) is 0 Å². The second-order valence-corrected chi connectivity index (χ2v) is 7.64. The normalized spacial score (nSPS) is 26.4. The van der Waals surface area contributed by atoms with Crippen LogP contribution in [-0.4, -0.2) is 34.8 Å². The van der Waals surface area contributed by atoms with E-state index < -0.39 is 12.2 Å². The molecule has 2 aromatic carbocycles. The lowest BCUT2D eigenvalue weighted by molar-refractivity contribution is -0.0258. The van der Waals surface area contributed by atoms with Gasteiger partial charge in [0.2, 0.25) is 0 Å². The van der Waals surface area contributed by atoms with Crippen LogP contribution in [0.25, 0.3) is 0 Å². The summed E-state index contributed by atoms with van der Waals surface area (Å²) in [6.07, 6.45) is -0.768. The molecule has 0 spiro atoms. The van der Waals surface area contributed by atoms with Crippen molar-refractivity contribution in [1.82, 2.24) is 0 Å². The third-order valence-electron chi connectivity index (χ3n) is 4.64. The molecule has 1 fully saturated rings. The number of thioether (sulfide) groups is 1. The van der Waals surface area contributed by atoms with Crippen molar-refractivity contribution in [2.24, 2.45) is 5.92 Å². The summed E-state index contributed by atoms with van der Waals surface area (Å²) in [6.45, 7) is 3.89. The highest BCUT2D eigenvalue weighted by Crippen LogP contribution is 2.40. The Morgan fingerprint density at radius 2 is 1.77 bits per heavy atom. The minimum atomic E-state index is -0.579. The van der Waals surface area contributed by atoms with Gasteiger partial charge in [0.1, 0.15) is 11.5 Å². The average Bonchev–Trinajstić information content (AvgIpc) is 2.98. The molecule has 4 nitrogen and oxygen atoms in total. The molecule has 1 aliphatic heterocycles. The second-order valence-electron chi connectivity index (χ2n) is 6.47. The first-order chi connectivity index (χ1) is 12.6. The molecule has 2 aromatic rings. The van der Waals surface area contributed by atoms with Crippen molar-refractivity contribution in [3.63, 3.8) is 0 Å². The quantitative estimate of drug-likeness (QED) is 0.773. The molecule has 1 heterocycles. The molecule has 138 valence electrons. The summed E-state index contributed by atoms with van der Waals surface area (Å²) in [5.41, 5.74) is 0.161. The van der Waals surface area contributed by atoms with Gasteiger partial charge >= 0.3 is 5.97 Å². The van der Waals surface area contributed by atoms with Crippen LogP contribution in [0, 0.1) is 5.92 Å². The first-order valence-electron chi connectivity index (χ1n) is 8.91. The van der Waals surface area contributed by atoms with Crippen molar-refractivity contribution < 1.29 is 19.4 Å². The van der Waals surface area contributed by atoms with Crippen molar-refractivity contribution in [3.05, 3.63) is 66.2 Å². The predicted molar refractivity (Wildman–Crippen MR) is 102 cm³/mol. The maximum atomic E-state index is 12.5. The Morgan fingerprint density at radius 1 is 1.15 bits per heavy atom. The molecular weight excluding hydrogens is 348 g/mol. The zero-order valence-electron chi connectivity index (χ0n) is 14.9. The summed E-state index contributed by atoms with van der Waals surface area (Å²) in [5.74, 6) is -0.463. The van der Waals surface area contributed by atoms with Crippen LogP contribution in [0.15, 0.2) is 65.6 Å². The van der Waals surface area contributed by atoms with E-state index in [9.17, 15) is 9.90 Å². The van der Waals surface area contributed by atoms with Gasteiger partial charge < -0.3 is 14.6 Å². The molecule has 1 N–H and O–H groups in total. The first-order valence-corrected chi connectivity index (χ1v) is 9.79. The van der Waals surface area contributed by atoms with Gasteiger partial charge in [-0.25, -0.2) is 4.79 Å². The fraction of sp³-hybridized carbons (Fsp3) is 0.381. The molecule has 5 atom stereocenters. The lowest BCUT2D eigenvalue weighted by atomic mass is 9.96. The number of aliphatic hydroxyl groups is 1. The molecule has 0 aliphatic carbocycles. The smallest absolute Gasteiger partial charge is 0.338 e. The molecule has 1 unspecified atom stereocenters. The van der Waals surface area contributed by atoms with Gasteiger partial charge in [0.15, 0.2) is 0 Å². The van der Waals surface area contributed by atoms with E-state index in [0.29, 0.717) is 12.0 Å². The monoisotopic (exact) mass is 372 g/mol. The Bertz CT molecular complexity index is 706. The summed E-state index contributed by atoms with van der Waals surface area (Å²) in [4.78, 5) is 13.6. The lowest BCUT2D eigenvalue weighted by Crippen LogP contribution is -2.34. The molecule has 1 saturated heterocycles. The number of carbonyl (C=O) groups excluding carboxylic acids is 1. The first kappa shape index (κ1) is 19.0. The Kier molecular flexibility index (Phi) is 6.35. The van der Waals surface area contributed by atoms with Crippen molar-refractivity contribution in [3.8, 4) is 0 Å². The summed E-state index contributed by atoms with van der Waals surface area (Å²) in [7, 11) is 0. The molecule has 1 aliphatic rings.